The largest absolute Gasteiger partial charge is 0.310 e. The van der Waals surface area contributed by atoms with E-state index in [0.29, 0.717) is 15.9 Å². The molecule has 2 rings (SSSR count). The van der Waals surface area contributed by atoms with Crippen LogP contribution >= 0.6 is 12.2 Å². The molecule has 0 saturated heterocycles. The molecule has 1 N–H and O–H groups in total. The Labute approximate surface area is 78.7 Å². The minimum atomic E-state index is -0.269. The third-order valence-corrected chi connectivity index (χ3v) is 2.28. The van der Waals surface area contributed by atoms with Gasteiger partial charge in [0, 0.05) is 14.1 Å². The van der Waals surface area contributed by atoms with Gasteiger partial charge in [-0.25, -0.2) is 4.98 Å². The van der Waals surface area contributed by atoms with Gasteiger partial charge in [0.25, 0.3) is 5.56 Å². The normalized spacial score (nSPS) is 10.9. The molecule has 1 radical (unpaired) electrons. The summed E-state index contributed by atoms with van der Waals surface area (Å²) in [6.45, 7) is 0. The van der Waals surface area contributed by atoms with Crippen molar-refractivity contribution in [3.63, 3.8) is 0 Å². The van der Waals surface area contributed by atoms with Gasteiger partial charge in [0.05, 0.1) is 0 Å². The molecule has 0 bridgehead atoms. The number of nitrogens with zero attached hydrogens (tertiary/aromatic N) is 3. The molecule has 0 atom stereocenters. The highest BCUT2D eigenvalue weighted by Crippen LogP contribution is 2.04. The van der Waals surface area contributed by atoms with E-state index in [1.165, 1.54) is 0 Å². The molecule has 5 nitrogen and oxygen atoms in total. The van der Waals surface area contributed by atoms with Gasteiger partial charge >= 0.3 is 0 Å². The standard InChI is InChI=1S/C7H7N4OS/c1-10-3-8-4-5(12)9-7(13)11(2)6(4)10/h1-2H3,(H,9,12,13). The summed E-state index contributed by atoms with van der Waals surface area (Å²) in [6, 6.07) is 0. The molecular formula is C7H7N4OS. The summed E-state index contributed by atoms with van der Waals surface area (Å²) >= 11 is 4.95. The van der Waals surface area contributed by atoms with Crippen LogP contribution in [0.25, 0.3) is 11.2 Å². The van der Waals surface area contributed by atoms with Crippen LogP contribution in [0.4, 0.5) is 0 Å². The topological polar surface area (TPSA) is 55.6 Å². The number of aryl methyl sites for hydroxylation is 2. The molecule has 0 spiro atoms. The van der Waals surface area contributed by atoms with E-state index in [0.717, 1.165) is 0 Å². The van der Waals surface area contributed by atoms with E-state index in [2.05, 4.69) is 16.3 Å². The molecule has 0 aromatic carbocycles. The highest BCUT2D eigenvalue weighted by atomic mass is 32.1. The minimum Gasteiger partial charge on any atom is -0.310 e. The molecule has 2 aromatic heterocycles. The zero-order chi connectivity index (χ0) is 9.59. The van der Waals surface area contributed by atoms with Gasteiger partial charge in [-0.1, -0.05) is 0 Å². The first kappa shape index (κ1) is 8.18. The summed E-state index contributed by atoms with van der Waals surface area (Å²) in [5.74, 6) is 0. The molecule has 2 aromatic rings. The second-order valence-electron chi connectivity index (χ2n) is 2.76. The molecule has 0 unspecified atom stereocenters. The molecule has 0 aliphatic carbocycles. The number of hydrogen-bond acceptors (Lipinski definition) is 3. The van der Waals surface area contributed by atoms with Crippen LogP contribution in [-0.4, -0.2) is 19.1 Å². The Morgan fingerprint density at radius 2 is 2.23 bits per heavy atom. The number of fused-ring (bicyclic) bond motifs is 1. The zero-order valence-corrected chi connectivity index (χ0v) is 7.97. The van der Waals surface area contributed by atoms with Crippen molar-refractivity contribution in [2.24, 2.45) is 14.1 Å². The fraction of sp³-hybridized carbons (Fsp3) is 0.286. The molecule has 6 heteroatoms. The van der Waals surface area contributed by atoms with E-state index in [1.807, 2.05) is 0 Å². The number of nitrogens with one attached hydrogen (secondary N) is 1. The van der Waals surface area contributed by atoms with Gasteiger partial charge in [-0.3, -0.25) is 9.78 Å². The Balaban J connectivity index is 3.19. The van der Waals surface area contributed by atoms with Crippen LogP contribution in [0.2, 0.25) is 0 Å². The average molecular weight is 195 g/mol. The van der Waals surface area contributed by atoms with Gasteiger partial charge < -0.3 is 9.13 Å². The molecule has 13 heavy (non-hydrogen) atoms. The van der Waals surface area contributed by atoms with Crippen molar-refractivity contribution in [3.05, 3.63) is 21.5 Å². The van der Waals surface area contributed by atoms with Crippen LogP contribution < -0.4 is 5.56 Å². The lowest BCUT2D eigenvalue weighted by atomic mass is 10.5. The maximum Gasteiger partial charge on any atom is 0.279 e. The molecular weight excluding hydrogens is 188 g/mol. The number of rotatable bonds is 0. The van der Waals surface area contributed by atoms with Gasteiger partial charge in [0.1, 0.15) is 5.65 Å². The van der Waals surface area contributed by atoms with Gasteiger partial charge in [0.2, 0.25) is 0 Å². The molecule has 0 saturated carbocycles. The summed E-state index contributed by atoms with van der Waals surface area (Å²) in [5, 5.41) is 0. The van der Waals surface area contributed by atoms with E-state index in [-0.39, 0.29) is 5.56 Å². The van der Waals surface area contributed by atoms with Gasteiger partial charge in [0.15, 0.2) is 16.6 Å². The molecule has 2 heterocycles. The first-order valence-electron chi connectivity index (χ1n) is 3.64. The minimum absolute atomic E-state index is 0.269. The summed E-state index contributed by atoms with van der Waals surface area (Å²) in [4.78, 5) is 17.7. The first-order chi connectivity index (χ1) is 6.11. The van der Waals surface area contributed by atoms with Crippen molar-refractivity contribution in [2.75, 3.05) is 0 Å². The van der Waals surface area contributed by atoms with Crippen LogP contribution in [0.5, 0.6) is 0 Å². The SMILES string of the molecule is Cn1[c]nc2c(=O)[nH]c(=S)n(C)c21. The molecule has 0 aliphatic heterocycles. The number of hydrogen-bond donors (Lipinski definition) is 1. The van der Waals surface area contributed by atoms with E-state index < -0.39 is 0 Å². The van der Waals surface area contributed by atoms with Crippen LogP contribution in [0.3, 0.4) is 0 Å². The van der Waals surface area contributed by atoms with E-state index in [9.17, 15) is 4.79 Å². The lowest BCUT2D eigenvalue weighted by Crippen LogP contribution is -2.13. The Morgan fingerprint density at radius 3 is 2.92 bits per heavy atom. The molecule has 0 aliphatic rings. The second-order valence-corrected chi connectivity index (χ2v) is 3.15. The van der Waals surface area contributed by atoms with Crippen LogP contribution in [0.1, 0.15) is 0 Å². The zero-order valence-electron chi connectivity index (χ0n) is 7.16. The van der Waals surface area contributed by atoms with Crippen LogP contribution in [0.15, 0.2) is 4.79 Å². The van der Waals surface area contributed by atoms with Crippen molar-refractivity contribution in [2.45, 2.75) is 0 Å². The Morgan fingerprint density at radius 1 is 1.54 bits per heavy atom. The fourth-order valence-corrected chi connectivity index (χ4v) is 1.43. The summed E-state index contributed by atoms with van der Waals surface area (Å²) in [6.07, 6.45) is 2.66. The number of aromatic amines is 1. The van der Waals surface area contributed by atoms with Gasteiger partial charge in [-0.2, -0.15) is 0 Å². The summed E-state index contributed by atoms with van der Waals surface area (Å²) in [7, 11) is 3.54. The monoisotopic (exact) mass is 195 g/mol. The van der Waals surface area contributed by atoms with Gasteiger partial charge in [-0.05, 0) is 12.2 Å². The lowest BCUT2D eigenvalue weighted by Gasteiger charge is -2.01. The number of imidazole rings is 1. The Bertz CT molecular complexity index is 576. The predicted octanol–water partition coefficient (Wildman–Crippen LogP) is 0.130. The van der Waals surface area contributed by atoms with Gasteiger partial charge in [-0.15, -0.1) is 0 Å². The quantitative estimate of drug-likeness (QED) is 0.608. The van der Waals surface area contributed by atoms with E-state index in [1.54, 1.807) is 23.2 Å². The molecule has 0 fully saturated rings. The van der Waals surface area contributed by atoms with E-state index in [4.69, 9.17) is 12.2 Å². The third-order valence-electron chi connectivity index (χ3n) is 1.90. The summed E-state index contributed by atoms with van der Waals surface area (Å²) < 4.78 is 3.71. The van der Waals surface area contributed by atoms with Crippen molar-refractivity contribution in [1.29, 1.82) is 0 Å². The van der Waals surface area contributed by atoms with Crippen molar-refractivity contribution < 1.29 is 0 Å². The first-order valence-corrected chi connectivity index (χ1v) is 4.05. The average Bonchev–Trinajstić information content (AvgIpc) is 2.44. The summed E-state index contributed by atoms with van der Waals surface area (Å²) in [5.41, 5.74) is 0.766. The maximum atomic E-state index is 11.3. The number of aromatic nitrogens is 4. The number of H-pyrrole nitrogens is 1. The molecule has 0 amide bonds. The third kappa shape index (κ3) is 1.02. The predicted molar refractivity (Wildman–Crippen MR) is 50.0 cm³/mol. The smallest absolute Gasteiger partial charge is 0.279 e. The van der Waals surface area contributed by atoms with Crippen LogP contribution in [-0.2, 0) is 14.1 Å². The lowest BCUT2D eigenvalue weighted by molar-refractivity contribution is 0.814. The Hall–Kier alpha value is -1.43. The molecule has 67 valence electrons. The maximum absolute atomic E-state index is 11.3. The van der Waals surface area contributed by atoms with E-state index >= 15 is 0 Å². The van der Waals surface area contributed by atoms with Crippen molar-refractivity contribution >= 4 is 23.4 Å². The fourth-order valence-electron chi connectivity index (χ4n) is 1.25. The second kappa shape index (κ2) is 2.53. The highest BCUT2D eigenvalue weighted by Gasteiger charge is 2.07. The van der Waals surface area contributed by atoms with Crippen LogP contribution in [0, 0.1) is 11.1 Å². The highest BCUT2D eigenvalue weighted by molar-refractivity contribution is 7.71. The van der Waals surface area contributed by atoms with Crippen molar-refractivity contribution in [1.82, 2.24) is 19.1 Å². The van der Waals surface area contributed by atoms with Crippen molar-refractivity contribution in [3.8, 4) is 0 Å². The Kier molecular flexibility index (Phi) is 1.59.